The Morgan fingerprint density at radius 3 is 1.51 bits per heavy atom. The lowest BCUT2D eigenvalue weighted by Crippen LogP contribution is -2.00. The first kappa shape index (κ1) is 31.1. The average molecular weight is 703 g/mol. The summed E-state index contributed by atoms with van der Waals surface area (Å²) in [6.07, 6.45) is 0. The molecule has 8 aromatic carbocycles. The van der Waals surface area contributed by atoms with Gasteiger partial charge in [-0.3, -0.25) is 0 Å². The molecule has 0 N–H and O–H groups in total. The molecule has 0 aliphatic carbocycles. The van der Waals surface area contributed by atoms with Gasteiger partial charge in [0.1, 0.15) is 5.58 Å². The lowest BCUT2D eigenvalue weighted by molar-refractivity contribution is 0.655. The van der Waals surface area contributed by atoms with Gasteiger partial charge in [0.25, 0.3) is 0 Å². The van der Waals surface area contributed by atoms with Crippen LogP contribution in [0.15, 0.2) is 186 Å². The van der Waals surface area contributed by atoms with Crippen LogP contribution in [0.3, 0.4) is 0 Å². The van der Waals surface area contributed by atoms with Crippen molar-refractivity contribution in [1.29, 1.82) is 0 Å². The molecule has 5 heteroatoms. The maximum Gasteiger partial charge on any atom is 0.228 e. The van der Waals surface area contributed by atoms with Crippen molar-refractivity contribution >= 4 is 54.4 Å². The standard InChI is InChI=1S/C50H30N4O/c1-2-12-33(13-3-1)47-52-48(34-26-22-31(23-27-34)43-30-36-14-4-5-15-37(36)38-16-6-7-17-39(38)43)54-49(53-47)35-28-24-32(25-29-35)46-41-19-9-8-18-40(41)45-42-20-10-11-21-44(42)55-50(45)51-46/h1-30H. The monoisotopic (exact) mass is 702 g/mol. The summed E-state index contributed by atoms with van der Waals surface area (Å²) >= 11 is 0. The zero-order valence-corrected chi connectivity index (χ0v) is 29.5. The minimum Gasteiger partial charge on any atom is -0.438 e. The van der Waals surface area contributed by atoms with E-state index in [4.69, 9.17) is 24.4 Å². The van der Waals surface area contributed by atoms with Gasteiger partial charge in [-0.25, -0.2) is 19.9 Å². The van der Waals surface area contributed by atoms with Crippen LogP contribution in [-0.4, -0.2) is 19.9 Å². The Labute approximate surface area is 316 Å². The summed E-state index contributed by atoms with van der Waals surface area (Å²) in [6.45, 7) is 0. The van der Waals surface area contributed by atoms with Crippen LogP contribution in [0, 0.1) is 0 Å². The van der Waals surface area contributed by atoms with Crippen LogP contribution in [0.2, 0.25) is 0 Å². The van der Waals surface area contributed by atoms with E-state index in [2.05, 4.69) is 133 Å². The number of benzene rings is 8. The van der Waals surface area contributed by atoms with E-state index in [1.54, 1.807) is 0 Å². The number of aromatic nitrogens is 4. The normalized spacial score (nSPS) is 11.6. The lowest BCUT2D eigenvalue weighted by atomic mass is 9.93. The predicted molar refractivity (Wildman–Crippen MR) is 225 cm³/mol. The maximum absolute atomic E-state index is 6.26. The molecule has 5 nitrogen and oxygen atoms in total. The Kier molecular flexibility index (Phi) is 7.10. The smallest absolute Gasteiger partial charge is 0.228 e. The Balaban J connectivity index is 1.00. The minimum absolute atomic E-state index is 0.602. The largest absolute Gasteiger partial charge is 0.438 e. The molecule has 11 aromatic rings. The summed E-state index contributed by atoms with van der Waals surface area (Å²) in [5.74, 6) is 1.84. The fourth-order valence-corrected chi connectivity index (χ4v) is 7.88. The fraction of sp³-hybridized carbons (Fsp3) is 0. The van der Waals surface area contributed by atoms with Crippen LogP contribution < -0.4 is 0 Å². The van der Waals surface area contributed by atoms with E-state index in [-0.39, 0.29) is 0 Å². The molecule has 0 amide bonds. The molecule has 0 atom stereocenters. The van der Waals surface area contributed by atoms with Crippen LogP contribution in [0.5, 0.6) is 0 Å². The molecule has 0 radical (unpaired) electrons. The number of pyridine rings is 1. The van der Waals surface area contributed by atoms with Crippen LogP contribution >= 0.6 is 0 Å². The first-order valence-electron chi connectivity index (χ1n) is 18.4. The second-order valence-electron chi connectivity index (χ2n) is 13.8. The quantitative estimate of drug-likeness (QED) is 0.167. The number of rotatable bonds is 5. The maximum atomic E-state index is 6.26. The number of furan rings is 1. The van der Waals surface area contributed by atoms with Gasteiger partial charge >= 0.3 is 0 Å². The SMILES string of the molecule is c1ccc(-c2nc(-c3ccc(-c4cc5ccccc5c5ccccc45)cc3)nc(-c3ccc(-c4nc5oc6ccccc6c5c5ccccc45)cc3)n2)cc1. The number of nitrogens with zero attached hydrogens (tertiary/aromatic N) is 4. The number of fused-ring (bicyclic) bond motifs is 8. The van der Waals surface area contributed by atoms with E-state index >= 15 is 0 Å². The Morgan fingerprint density at radius 2 is 0.818 bits per heavy atom. The topological polar surface area (TPSA) is 64.7 Å². The Bertz CT molecular complexity index is 3240. The second-order valence-corrected chi connectivity index (χ2v) is 13.8. The zero-order valence-electron chi connectivity index (χ0n) is 29.5. The van der Waals surface area contributed by atoms with Gasteiger partial charge in [0.15, 0.2) is 17.5 Å². The summed E-state index contributed by atoms with van der Waals surface area (Å²) < 4.78 is 6.26. The number of hydrogen-bond donors (Lipinski definition) is 0. The van der Waals surface area contributed by atoms with Gasteiger partial charge in [0.05, 0.1) is 11.1 Å². The third-order valence-electron chi connectivity index (χ3n) is 10.5. The molecule has 55 heavy (non-hydrogen) atoms. The van der Waals surface area contributed by atoms with Crippen LogP contribution in [-0.2, 0) is 0 Å². The minimum atomic E-state index is 0.602. The fourth-order valence-electron chi connectivity index (χ4n) is 7.88. The van der Waals surface area contributed by atoms with Crippen molar-refractivity contribution in [3.05, 3.63) is 182 Å². The van der Waals surface area contributed by atoms with Gasteiger partial charge < -0.3 is 4.42 Å². The second kappa shape index (κ2) is 12.6. The van der Waals surface area contributed by atoms with Crippen LogP contribution in [0.1, 0.15) is 0 Å². The van der Waals surface area contributed by atoms with Gasteiger partial charge in [-0.15, -0.1) is 0 Å². The van der Waals surface area contributed by atoms with Crippen LogP contribution in [0.25, 0.3) is 111 Å². The predicted octanol–water partition coefficient (Wildman–Crippen LogP) is 13.0. The Morgan fingerprint density at radius 1 is 0.327 bits per heavy atom. The summed E-state index contributed by atoms with van der Waals surface area (Å²) in [6, 6.07) is 63.0. The highest BCUT2D eigenvalue weighted by molar-refractivity contribution is 6.20. The van der Waals surface area contributed by atoms with E-state index in [1.165, 1.54) is 27.1 Å². The molecule has 0 saturated heterocycles. The highest BCUT2D eigenvalue weighted by Gasteiger charge is 2.18. The van der Waals surface area contributed by atoms with E-state index < -0.39 is 0 Å². The highest BCUT2D eigenvalue weighted by atomic mass is 16.3. The third-order valence-corrected chi connectivity index (χ3v) is 10.5. The van der Waals surface area contributed by atoms with E-state index in [0.29, 0.717) is 23.2 Å². The summed E-state index contributed by atoms with van der Waals surface area (Å²) in [4.78, 5) is 20.1. The van der Waals surface area contributed by atoms with Gasteiger partial charge in [-0.2, -0.15) is 0 Å². The summed E-state index contributed by atoms with van der Waals surface area (Å²) in [5, 5.41) is 9.26. The molecular weight excluding hydrogens is 673 g/mol. The molecule has 0 unspecified atom stereocenters. The summed E-state index contributed by atoms with van der Waals surface area (Å²) in [7, 11) is 0. The molecule has 0 saturated carbocycles. The first-order valence-corrected chi connectivity index (χ1v) is 18.4. The first-order chi connectivity index (χ1) is 27.2. The molecule has 0 aliphatic heterocycles. The van der Waals surface area contributed by atoms with E-state index in [9.17, 15) is 0 Å². The summed E-state index contributed by atoms with van der Waals surface area (Å²) in [5.41, 5.74) is 8.39. The number of para-hydroxylation sites is 1. The van der Waals surface area contributed by atoms with Crippen molar-refractivity contribution in [2.75, 3.05) is 0 Å². The van der Waals surface area contributed by atoms with Crippen molar-refractivity contribution in [2.45, 2.75) is 0 Å². The zero-order chi connectivity index (χ0) is 36.3. The van der Waals surface area contributed by atoms with Gasteiger partial charge in [0, 0.05) is 33.0 Å². The van der Waals surface area contributed by atoms with E-state index in [1.807, 2.05) is 48.5 Å². The molecule has 3 heterocycles. The molecule has 0 bridgehead atoms. The van der Waals surface area contributed by atoms with Gasteiger partial charge in [0.2, 0.25) is 5.71 Å². The number of hydrogen-bond acceptors (Lipinski definition) is 5. The molecule has 3 aromatic heterocycles. The third kappa shape index (κ3) is 5.24. The molecular formula is C50H30N4O. The van der Waals surface area contributed by atoms with E-state index in [0.717, 1.165) is 60.6 Å². The lowest BCUT2D eigenvalue weighted by Gasteiger charge is -2.12. The molecule has 0 fully saturated rings. The van der Waals surface area contributed by atoms with Crippen LogP contribution in [0.4, 0.5) is 0 Å². The van der Waals surface area contributed by atoms with Crippen molar-refractivity contribution in [2.24, 2.45) is 0 Å². The molecule has 0 aliphatic rings. The molecule has 0 spiro atoms. The molecule has 256 valence electrons. The van der Waals surface area contributed by atoms with Crippen molar-refractivity contribution in [1.82, 2.24) is 19.9 Å². The Hall–Kier alpha value is -7.50. The van der Waals surface area contributed by atoms with Crippen molar-refractivity contribution in [3.8, 4) is 56.5 Å². The average Bonchev–Trinajstić information content (AvgIpc) is 3.65. The van der Waals surface area contributed by atoms with Crippen molar-refractivity contribution < 1.29 is 4.42 Å². The van der Waals surface area contributed by atoms with Crippen molar-refractivity contribution in [3.63, 3.8) is 0 Å². The molecule has 11 rings (SSSR count). The van der Waals surface area contributed by atoms with Gasteiger partial charge in [-0.05, 0) is 50.2 Å². The van der Waals surface area contributed by atoms with Gasteiger partial charge in [-0.1, -0.05) is 170 Å². The highest BCUT2D eigenvalue weighted by Crippen LogP contribution is 2.39.